The first-order valence-corrected chi connectivity index (χ1v) is 10.0. The average Bonchev–Trinajstić information content (AvgIpc) is 2.75. The molecule has 0 aliphatic carbocycles. The molecule has 5 atom stereocenters. The third-order valence-corrected chi connectivity index (χ3v) is 11.0. The van der Waals surface area contributed by atoms with Crippen molar-refractivity contribution >= 4 is 15.8 Å². The van der Waals surface area contributed by atoms with Crippen LogP contribution in [0.15, 0.2) is 11.1 Å². The van der Waals surface area contributed by atoms with Gasteiger partial charge in [0.15, 0.2) is 0 Å². The zero-order valence-electron chi connectivity index (χ0n) is 11.7. The summed E-state index contributed by atoms with van der Waals surface area (Å²) in [5.74, 6) is 3.11. The minimum Gasteiger partial charge on any atom is -0.324 e. The zero-order valence-corrected chi connectivity index (χ0v) is 13.5. The Kier molecular flexibility index (Phi) is 4.67. The smallest absolute Gasteiger partial charge is 0.0281 e. The van der Waals surface area contributed by atoms with Gasteiger partial charge in [-0.15, -0.1) is 0 Å². The molecule has 0 aromatic rings. The summed E-state index contributed by atoms with van der Waals surface area (Å²) in [5.41, 5.74) is 9.03. The average molecular weight is 271 g/mol. The van der Waals surface area contributed by atoms with Gasteiger partial charge in [0, 0.05) is 5.78 Å². The molecule has 3 heteroatoms. The lowest BCUT2D eigenvalue weighted by molar-refractivity contribution is 0.761. The summed E-state index contributed by atoms with van der Waals surface area (Å²) >= 11 is 0. The van der Waals surface area contributed by atoms with E-state index in [9.17, 15) is 0 Å². The minimum absolute atomic E-state index is 0.0292. The van der Waals surface area contributed by atoms with Gasteiger partial charge >= 0.3 is 0 Å². The molecule has 98 valence electrons. The third-order valence-electron chi connectivity index (χ3n) is 4.47. The van der Waals surface area contributed by atoms with Crippen LogP contribution >= 0.6 is 15.8 Å². The molecule has 2 fully saturated rings. The first-order valence-electron chi connectivity index (χ1n) is 7.00. The zero-order chi connectivity index (χ0) is 12.6. The second-order valence-corrected chi connectivity index (χ2v) is 11.9. The van der Waals surface area contributed by atoms with Crippen LogP contribution in [0.1, 0.15) is 53.4 Å². The highest BCUT2D eigenvalue weighted by Crippen LogP contribution is 2.64. The Balaban J connectivity index is 2.10. The number of rotatable bonds is 2. The van der Waals surface area contributed by atoms with Crippen molar-refractivity contribution in [2.75, 3.05) is 0 Å². The summed E-state index contributed by atoms with van der Waals surface area (Å²) in [6.45, 7) is 9.71. The van der Waals surface area contributed by atoms with Crippen molar-refractivity contribution < 1.29 is 0 Å². The van der Waals surface area contributed by atoms with Crippen molar-refractivity contribution in [1.29, 1.82) is 0 Å². The van der Waals surface area contributed by atoms with Crippen molar-refractivity contribution in [3.8, 4) is 0 Å². The summed E-state index contributed by atoms with van der Waals surface area (Å²) < 4.78 is 0. The Morgan fingerprint density at radius 1 is 1.00 bits per heavy atom. The van der Waals surface area contributed by atoms with Gasteiger partial charge in [0.05, 0.1) is 0 Å². The molecule has 0 radical (unpaired) electrons. The SMILES string of the molecule is C/C(=C/P1[C@H](C)CC[C@H]1N)P1[C@H](C)CC[C@H]1C. The normalized spacial score (nSPS) is 44.5. The molecule has 0 saturated carbocycles. The van der Waals surface area contributed by atoms with E-state index in [0.29, 0.717) is 5.78 Å². The maximum atomic E-state index is 6.28. The predicted molar refractivity (Wildman–Crippen MR) is 82.4 cm³/mol. The molecule has 2 aliphatic heterocycles. The van der Waals surface area contributed by atoms with Crippen LogP contribution < -0.4 is 5.73 Å². The largest absolute Gasteiger partial charge is 0.324 e. The fourth-order valence-corrected chi connectivity index (χ4v) is 9.91. The summed E-state index contributed by atoms with van der Waals surface area (Å²) in [5, 5.41) is 1.72. The van der Waals surface area contributed by atoms with Crippen molar-refractivity contribution in [1.82, 2.24) is 0 Å². The van der Waals surface area contributed by atoms with Crippen LogP contribution in [0.3, 0.4) is 0 Å². The topological polar surface area (TPSA) is 26.0 Å². The number of nitrogens with two attached hydrogens (primary N) is 1. The van der Waals surface area contributed by atoms with E-state index < -0.39 is 0 Å². The molecule has 2 aliphatic rings. The fourth-order valence-electron chi connectivity index (χ4n) is 3.43. The summed E-state index contributed by atoms with van der Waals surface area (Å²) in [4.78, 5) is 0. The summed E-state index contributed by atoms with van der Waals surface area (Å²) in [6.07, 6.45) is 5.48. The second-order valence-electron chi connectivity index (χ2n) is 5.89. The lowest BCUT2D eigenvalue weighted by Crippen LogP contribution is -2.12. The second kappa shape index (κ2) is 5.68. The standard InChI is InChI=1S/C14H27NP2/c1-10-7-8-14(15)16(10)9-13(4)17-11(2)5-6-12(17)3/h9-12,14H,5-8,15H2,1-4H3/b13-9-/t10-,11-,12-,14+,16?/m1/s1. The Morgan fingerprint density at radius 2 is 1.53 bits per heavy atom. The Labute approximate surface area is 109 Å². The van der Waals surface area contributed by atoms with Gasteiger partial charge in [-0.05, 0) is 54.9 Å². The van der Waals surface area contributed by atoms with Crippen molar-refractivity contribution in [3.63, 3.8) is 0 Å². The van der Waals surface area contributed by atoms with Gasteiger partial charge in [0.25, 0.3) is 0 Å². The Bertz CT molecular complexity index is 283. The maximum absolute atomic E-state index is 6.28. The molecule has 0 aromatic carbocycles. The molecule has 17 heavy (non-hydrogen) atoms. The first kappa shape index (κ1) is 14.0. The predicted octanol–water partition coefficient (Wildman–Crippen LogP) is 4.85. The molecule has 0 aromatic heterocycles. The first-order chi connectivity index (χ1) is 8.00. The van der Waals surface area contributed by atoms with E-state index in [1.165, 1.54) is 25.7 Å². The van der Waals surface area contributed by atoms with E-state index in [1.54, 1.807) is 5.31 Å². The Morgan fingerprint density at radius 3 is 2.00 bits per heavy atom. The molecule has 1 unspecified atom stereocenters. The van der Waals surface area contributed by atoms with Crippen LogP contribution in [0.2, 0.25) is 0 Å². The number of allylic oxidation sites excluding steroid dienone is 1. The van der Waals surface area contributed by atoms with Crippen molar-refractivity contribution in [2.24, 2.45) is 5.73 Å². The quantitative estimate of drug-likeness (QED) is 0.714. The van der Waals surface area contributed by atoms with Crippen LogP contribution in [0.25, 0.3) is 0 Å². The van der Waals surface area contributed by atoms with Gasteiger partial charge in [-0.3, -0.25) is 0 Å². The lowest BCUT2D eigenvalue weighted by atomic mass is 10.2. The van der Waals surface area contributed by atoms with E-state index in [2.05, 4.69) is 33.5 Å². The maximum Gasteiger partial charge on any atom is 0.0281 e. The van der Waals surface area contributed by atoms with Crippen LogP contribution in [0.5, 0.6) is 0 Å². The van der Waals surface area contributed by atoms with E-state index in [4.69, 9.17) is 5.73 Å². The molecule has 2 N–H and O–H groups in total. The van der Waals surface area contributed by atoms with E-state index in [0.717, 1.165) is 17.0 Å². The van der Waals surface area contributed by atoms with E-state index >= 15 is 0 Å². The van der Waals surface area contributed by atoms with Crippen LogP contribution in [-0.4, -0.2) is 22.8 Å². The molecule has 0 spiro atoms. The molecule has 2 heterocycles. The van der Waals surface area contributed by atoms with Crippen molar-refractivity contribution in [2.45, 2.75) is 76.1 Å². The summed E-state index contributed by atoms with van der Waals surface area (Å²) in [6, 6.07) is 0. The molecule has 1 nitrogen and oxygen atoms in total. The Hall–Kier alpha value is 0.560. The van der Waals surface area contributed by atoms with E-state index in [-0.39, 0.29) is 15.8 Å². The van der Waals surface area contributed by atoms with Gasteiger partial charge in [0.1, 0.15) is 0 Å². The monoisotopic (exact) mass is 271 g/mol. The highest BCUT2D eigenvalue weighted by molar-refractivity contribution is 7.67. The third kappa shape index (κ3) is 2.94. The highest BCUT2D eigenvalue weighted by atomic mass is 31.1. The number of hydrogen-bond donors (Lipinski definition) is 1. The molecule has 0 bridgehead atoms. The fraction of sp³-hybridized carbons (Fsp3) is 0.857. The van der Waals surface area contributed by atoms with Gasteiger partial charge in [-0.25, -0.2) is 0 Å². The molecular weight excluding hydrogens is 244 g/mol. The van der Waals surface area contributed by atoms with Crippen LogP contribution in [0, 0.1) is 0 Å². The van der Waals surface area contributed by atoms with E-state index in [1.807, 2.05) is 0 Å². The highest BCUT2D eigenvalue weighted by Gasteiger charge is 2.33. The lowest BCUT2D eigenvalue weighted by Gasteiger charge is -2.25. The molecule has 2 saturated heterocycles. The van der Waals surface area contributed by atoms with Gasteiger partial charge in [-0.1, -0.05) is 42.4 Å². The molecule has 2 rings (SSSR count). The summed E-state index contributed by atoms with van der Waals surface area (Å²) in [7, 11) is 0.109. The molecule has 0 amide bonds. The van der Waals surface area contributed by atoms with Gasteiger partial charge < -0.3 is 5.73 Å². The minimum atomic E-state index is -0.0292. The number of hydrogen-bond acceptors (Lipinski definition) is 1. The van der Waals surface area contributed by atoms with Crippen molar-refractivity contribution in [3.05, 3.63) is 11.1 Å². The van der Waals surface area contributed by atoms with Crippen LogP contribution in [0.4, 0.5) is 0 Å². The van der Waals surface area contributed by atoms with Gasteiger partial charge in [-0.2, -0.15) is 0 Å². The van der Waals surface area contributed by atoms with Gasteiger partial charge in [0.2, 0.25) is 0 Å². The molecular formula is C14H27NP2. The van der Waals surface area contributed by atoms with Crippen LogP contribution in [-0.2, 0) is 0 Å².